The fourth-order valence-electron chi connectivity index (χ4n) is 3.43. The molecule has 0 saturated carbocycles. The molecule has 1 aromatic rings. The molecule has 0 aromatic heterocycles. The van der Waals surface area contributed by atoms with E-state index in [1.807, 2.05) is 12.1 Å². The van der Waals surface area contributed by atoms with Crippen LogP contribution in [0.1, 0.15) is 28.8 Å². The molecule has 1 aromatic carbocycles. The van der Waals surface area contributed by atoms with Crippen molar-refractivity contribution in [1.82, 2.24) is 15.2 Å². The van der Waals surface area contributed by atoms with Crippen LogP contribution < -0.4 is 10.2 Å². The highest BCUT2D eigenvalue weighted by molar-refractivity contribution is 6.39. The van der Waals surface area contributed by atoms with Crippen molar-refractivity contribution in [1.29, 1.82) is 0 Å². The van der Waals surface area contributed by atoms with E-state index in [4.69, 9.17) is 4.74 Å². The van der Waals surface area contributed by atoms with E-state index in [1.54, 1.807) is 15.9 Å². The van der Waals surface area contributed by atoms with Crippen molar-refractivity contribution in [2.45, 2.75) is 19.3 Å². The second kappa shape index (κ2) is 6.78. The second-order valence-electron chi connectivity index (χ2n) is 6.60. The molecule has 8 nitrogen and oxygen atoms in total. The summed E-state index contributed by atoms with van der Waals surface area (Å²) >= 11 is 0. The van der Waals surface area contributed by atoms with Crippen molar-refractivity contribution in [2.24, 2.45) is 5.10 Å². The number of benzene rings is 1. The van der Waals surface area contributed by atoms with Gasteiger partial charge >= 0.3 is 0 Å². The fraction of sp³-hybridized carbons (Fsp3) is 0.444. The number of amides is 3. The Bertz CT molecular complexity index is 796. The van der Waals surface area contributed by atoms with Crippen LogP contribution in [0.3, 0.4) is 0 Å². The molecule has 3 aliphatic rings. The summed E-state index contributed by atoms with van der Waals surface area (Å²) in [6.07, 6.45) is 1.48. The summed E-state index contributed by atoms with van der Waals surface area (Å²) in [6.45, 7) is 2.56. The monoisotopic (exact) mass is 356 g/mol. The minimum atomic E-state index is -0.170. The van der Waals surface area contributed by atoms with Crippen LogP contribution in [0.5, 0.6) is 5.75 Å². The molecule has 3 amide bonds. The highest BCUT2D eigenvalue weighted by Crippen LogP contribution is 2.26. The molecular weight excluding hydrogens is 336 g/mol. The Morgan fingerprint density at radius 2 is 1.73 bits per heavy atom. The van der Waals surface area contributed by atoms with Crippen molar-refractivity contribution >= 4 is 23.4 Å². The Morgan fingerprint density at radius 1 is 1.00 bits per heavy atom. The first-order valence-electron chi connectivity index (χ1n) is 8.81. The quantitative estimate of drug-likeness (QED) is 0.818. The van der Waals surface area contributed by atoms with Gasteiger partial charge in [0, 0.05) is 51.0 Å². The van der Waals surface area contributed by atoms with Gasteiger partial charge in [0.1, 0.15) is 11.5 Å². The lowest BCUT2D eigenvalue weighted by molar-refractivity contribution is -0.126. The van der Waals surface area contributed by atoms with Gasteiger partial charge in [0.2, 0.25) is 5.91 Å². The molecule has 4 rings (SSSR count). The third-order valence-electron chi connectivity index (χ3n) is 4.94. The normalized spacial score (nSPS) is 19.4. The summed E-state index contributed by atoms with van der Waals surface area (Å²) in [5, 5.41) is 3.85. The van der Waals surface area contributed by atoms with Crippen molar-refractivity contribution in [3.05, 3.63) is 29.3 Å². The van der Waals surface area contributed by atoms with Crippen molar-refractivity contribution in [3.8, 4) is 5.75 Å². The molecule has 1 N–H and O–H groups in total. The van der Waals surface area contributed by atoms with E-state index in [1.165, 1.54) is 0 Å². The Hall–Kier alpha value is -2.90. The summed E-state index contributed by atoms with van der Waals surface area (Å²) in [4.78, 5) is 39.8. The van der Waals surface area contributed by atoms with Gasteiger partial charge in [-0.2, -0.15) is 5.10 Å². The molecule has 26 heavy (non-hydrogen) atoms. The predicted octanol–water partition coefficient (Wildman–Crippen LogP) is 0.172. The number of hydrazone groups is 1. The second-order valence-corrected chi connectivity index (χ2v) is 6.60. The summed E-state index contributed by atoms with van der Waals surface area (Å²) in [5.74, 6) is 0.509. The van der Waals surface area contributed by atoms with Gasteiger partial charge in [-0.3, -0.25) is 14.4 Å². The summed E-state index contributed by atoms with van der Waals surface area (Å²) < 4.78 is 5.48. The topological polar surface area (TPSA) is 91.3 Å². The Balaban J connectivity index is 1.36. The number of ether oxygens (including phenoxy) is 1. The Kier molecular flexibility index (Phi) is 4.32. The maximum Gasteiger partial charge on any atom is 0.270 e. The Morgan fingerprint density at radius 3 is 2.42 bits per heavy atom. The lowest BCUT2D eigenvalue weighted by Gasteiger charge is -2.35. The number of piperazine rings is 1. The average molecular weight is 356 g/mol. The van der Waals surface area contributed by atoms with Gasteiger partial charge in [0.15, 0.2) is 0 Å². The van der Waals surface area contributed by atoms with E-state index in [9.17, 15) is 14.4 Å². The molecule has 3 aliphatic heterocycles. The third-order valence-corrected chi connectivity index (χ3v) is 4.94. The molecule has 0 atom stereocenters. The van der Waals surface area contributed by atoms with Gasteiger partial charge in [0.05, 0.1) is 6.61 Å². The SMILES string of the molecule is O=C1CCC(C(=O)N2CCN(C(=O)c3ccc4c(c3)CCO4)CC2)=NN1. The summed E-state index contributed by atoms with van der Waals surface area (Å²) in [5.41, 5.74) is 4.46. The molecule has 0 spiro atoms. The fourth-order valence-corrected chi connectivity index (χ4v) is 3.43. The molecule has 0 unspecified atom stereocenters. The number of carbonyl (C=O) groups excluding carboxylic acids is 3. The lowest BCUT2D eigenvalue weighted by Crippen LogP contribution is -2.52. The molecule has 0 radical (unpaired) electrons. The van der Waals surface area contributed by atoms with E-state index in [0.717, 1.165) is 17.7 Å². The Labute approximate surface area is 150 Å². The van der Waals surface area contributed by atoms with Crippen LogP contribution in [0.15, 0.2) is 23.3 Å². The van der Waals surface area contributed by atoms with Crippen LogP contribution in [0, 0.1) is 0 Å². The van der Waals surface area contributed by atoms with Crippen LogP contribution in [-0.4, -0.2) is 66.0 Å². The number of nitrogens with one attached hydrogen (secondary N) is 1. The zero-order valence-corrected chi connectivity index (χ0v) is 14.4. The highest BCUT2D eigenvalue weighted by Gasteiger charge is 2.29. The van der Waals surface area contributed by atoms with Crippen LogP contribution in [-0.2, 0) is 16.0 Å². The predicted molar refractivity (Wildman–Crippen MR) is 92.9 cm³/mol. The number of rotatable bonds is 2. The smallest absolute Gasteiger partial charge is 0.270 e. The van der Waals surface area contributed by atoms with E-state index in [2.05, 4.69) is 10.5 Å². The van der Waals surface area contributed by atoms with E-state index >= 15 is 0 Å². The first-order valence-corrected chi connectivity index (χ1v) is 8.81. The van der Waals surface area contributed by atoms with Crippen LogP contribution >= 0.6 is 0 Å². The van der Waals surface area contributed by atoms with E-state index in [0.29, 0.717) is 50.5 Å². The zero-order chi connectivity index (χ0) is 18.1. The van der Waals surface area contributed by atoms with Crippen molar-refractivity contribution < 1.29 is 19.1 Å². The van der Waals surface area contributed by atoms with Crippen LogP contribution in [0.2, 0.25) is 0 Å². The van der Waals surface area contributed by atoms with Gasteiger partial charge in [-0.05, 0) is 23.8 Å². The third kappa shape index (κ3) is 3.14. The maximum atomic E-state index is 12.7. The standard InChI is InChI=1S/C18H20N4O4/c23-16-4-2-14(19-20-16)18(25)22-8-6-21(7-9-22)17(24)13-1-3-15-12(11-13)5-10-26-15/h1,3,11H,2,4-10H2,(H,20,23). The average Bonchev–Trinajstić information content (AvgIpc) is 3.15. The minimum absolute atomic E-state index is 0.0194. The number of fused-ring (bicyclic) bond motifs is 1. The first kappa shape index (κ1) is 16.6. The van der Waals surface area contributed by atoms with Gasteiger partial charge in [-0.1, -0.05) is 0 Å². The largest absolute Gasteiger partial charge is 0.493 e. The zero-order valence-electron chi connectivity index (χ0n) is 14.4. The molecule has 1 fully saturated rings. The number of hydrogen-bond donors (Lipinski definition) is 1. The molecule has 1 saturated heterocycles. The number of hydrogen-bond acceptors (Lipinski definition) is 5. The van der Waals surface area contributed by atoms with Gasteiger partial charge in [-0.25, -0.2) is 5.43 Å². The van der Waals surface area contributed by atoms with Gasteiger partial charge in [0.25, 0.3) is 11.8 Å². The van der Waals surface area contributed by atoms with Gasteiger partial charge < -0.3 is 14.5 Å². The molecule has 8 heteroatoms. The molecule has 3 heterocycles. The summed E-state index contributed by atoms with van der Waals surface area (Å²) in [7, 11) is 0. The first-order chi connectivity index (χ1) is 12.6. The van der Waals surface area contributed by atoms with Crippen molar-refractivity contribution in [2.75, 3.05) is 32.8 Å². The molecule has 0 aliphatic carbocycles. The maximum absolute atomic E-state index is 12.7. The number of carbonyl (C=O) groups is 3. The van der Waals surface area contributed by atoms with E-state index in [-0.39, 0.29) is 24.1 Å². The molecule has 0 bridgehead atoms. The molecule has 136 valence electrons. The minimum Gasteiger partial charge on any atom is -0.493 e. The van der Waals surface area contributed by atoms with Crippen LogP contribution in [0.4, 0.5) is 0 Å². The number of nitrogens with zero attached hydrogens (tertiary/aromatic N) is 3. The van der Waals surface area contributed by atoms with Crippen LogP contribution in [0.25, 0.3) is 0 Å². The van der Waals surface area contributed by atoms with E-state index < -0.39 is 0 Å². The van der Waals surface area contributed by atoms with Crippen molar-refractivity contribution in [3.63, 3.8) is 0 Å². The highest BCUT2D eigenvalue weighted by atomic mass is 16.5. The summed E-state index contributed by atoms with van der Waals surface area (Å²) in [6, 6.07) is 5.55. The lowest BCUT2D eigenvalue weighted by atomic mass is 10.1. The van der Waals surface area contributed by atoms with Gasteiger partial charge in [-0.15, -0.1) is 0 Å². The molecular formula is C18H20N4O4.